The van der Waals surface area contributed by atoms with E-state index in [2.05, 4.69) is 6.92 Å². The van der Waals surface area contributed by atoms with Gasteiger partial charge < -0.3 is 10.5 Å². The molecule has 1 rings (SSSR count). The summed E-state index contributed by atoms with van der Waals surface area (Å²) >= 11 is 0. The summed E-state index contributed by atoms with van der Waals surface area (Å²) in [5, 5.41) is 0. The Kier molecular flexibility index (Phi) is 8.06. The van der Waals surface area contributed by atoms with Crippen molar-refractivity contribution >= 4 is 5.97 Å². The van der Waals surface area contributed by atoms with Crippen LogP contribution in [0.2, 0.25) is 0 Å². The van der Waals surface area contributed by atoms with Gasteiger partial charge in [0.2, 0.25) is 0 Å². The normalized spacial score (nSPS) is 18.6. The van der Waals surface area contributed by atoms with Crippen molar-refractivity contribution in [2.75, 3.05) is 13.2 Å². The van der Waals surface area contributed by atoms with E-state index in [-0.39, 0.29) is 5.97 Å². The van der Waals surface area contributed by atoms with Crippen LogP contribution in [-0.2, 0) is 9.53 Å². The van der Waals surface area contributed by atoms with Crippen LogP contribution in [0, 0.1) is 11.8 Å². The number of carbonyl (C=O) groups excluding carboxylic acids is 1. The molecule has 1 unspecified atom stereocenters. The van der Waals surface area contributed by atoms with E-state index in [1.54, 1.807) is 0 Å². The first-order valence-electron chi connectivity index (χ1n) is 7.62. The van der Waals surface area contributed by atoms with Crippen molar-refractivity contribution < 1.29 is 9.53 Å². The maximum Gasteiger partial charge on any atom is 0.305 e. The van der Waals surface area contributed by atoms with E-state index >= 15 is 0 Å². The van der Waals surface area contributed by atoms with Gasteiger partial charge in [-0.3, -0.25) is 4.79 Å². The highest BCUT2D eigenvalue weighted by molar-refractivity contribution is 5.69. The third-order valence-corrected chi connectivity index (χ3v) is 4.11. The van der Waals surface area contributed by atoms with Gasteiger partial charge in [-0.15, -0.1) is 0 Å². The lowest BCUT2D eigenvalue weighted by Gasteiger charge is -2.21. The molecule has 1 fully saturated rings. The number of carbonyl (C=O) groups is 1. The van der Waals surface area contributed by atoms with Crippen LogP contribution in [-0.4, -0.2) is 19.1 Å². The van der Waals surface area contributed by atoms with Crippen LogP contribution >= 0.6 is 0 Å². The van der Waals surface area contributed by atoms with Crippen molar-refractivity contribution in [3.63, 3.8) is 0 Å². The van der Waals surface area contributed by atoms with Crippen LogP contribution < -0.4 is 5.73 Å². The van der Waals surface area contributed by atoms with Gasteiger partial charge in [0.1, 0.15) is 0 Å². The minimum Gasteiger partial charge on any atom is -0.465 e. The Balaban J connectivity index is 2.08. The topological polar surface area (TPSA) is 52.3 Å². The molecule has 0 radical (unpaired) electrons. The molecule has 1 atom stereocenters. The van der Waals surface area contributed by atoms with Gasteiger partial charge in [-0.2, -0.15) is 0 Å². The Labute approximate surface area is 111 Å². The maximum atomic E-state index is 11.7. The van der Waals surface area contributed by atoms with E-state index < -0.39 is 0 Å². The number of ether oxygens (including phenoxy) is 1. The number of rotatable bonds is 8. The summed E-state index contributed by atoms with van der Waals surface area (Å²) in [6, 6.07) is 0. The minimum atomic E-state index is -0.0176. The van der Waals surface area contributed by atoms with Crippen molar-refractivity contribution in [1.29, 1.82) is 0 Å². The fourth-order valence-electron chi connectivity index (χ4n) is 2.75. The molecule has 0 aromatic rings. The summed E-state index contributed by atoms with van der Waals surface area (Å²) in [5.41, 5.74) is 5.55. The predicted molar refractivity (Wildman–Crippen MR) is 74.2 cm³/mol. The Morgan fingerprint density at radius 1 is 1.28 bits per heavy atom. The maximum absolute atomic E-state index is 11.7. The Morgan fingerprint density at radius 3 is 2.61 bits per heavy atom. The largest absolute Gasteiger partial charge is 0.465 e. The fourth-order valence-corrected chi connectivity index (χ4v) is 2.75. The van der Waals surface area contributed by atoms with Gasteiger partial charge in [-0.1, -0.05) is 32.6 Å². The molecule has 0 aliphatic heterocycles. The number of hydrogen-bond acceptors (Lipinski definition) is 3. The standard InChI is InChI=1S/C15H29NO2/c1-2-13(10-11-16)8-9-15(17)18-12-14-6-4-3-5-7-14/h13-14H,2-12,16H2,1H3. The van der Waals surface area contributed by atoms with Gasteiger partial charge in [-0.05, 0) is 44.1 Å². The molecule has 1 aliphatic carbocycles. The second kappa shape index (κ2) is 9.37. The summed E-state index contributed by atoms with van der Waals surface area (Å²) in [5.74, 6) is 1.18. The summed E-state index contributed by atoms with van der Waals surface area (Å²) in [7, 11) is 0. The van der Waals surface area contributed by atoms with E-state index in [1.807, 2.05) is 0 Å². The zero-order chi connectivity index (χ0) is 13.2. The smallest absolute Gasteiger partial charge is 0.305 e. The van der Waals surface area contributed by atoms with Crippen molar-refractivity contribution in [2.24, 2.45) is 17.6 Å². The van der Waals surface area contributed by atoms with Crippen molar-refractivity contribution in [1.82, 2.24) is 0 Å². The third-order valence-electron chi connectivity index (χ3n) is 4.11. The molecule has 0 aromatic carbocycles. The molecule has 0 bridgehead atoms. The van der Waals surface area contributed by atoms with E-state index in [0.717, 1.165) is 25.8 Å². The lowest BCUT2D eigenvalue weighted by molar-refractivity contribution is -0.145. The second-order valence-electron chi connectivity index (χ2n) is 5.58. The van der Waals surface area contributed by atoms with Crippen LogP contribution in [0.25, 0.3) is 0 Å². The second-order valence-corrected chi connectivity index (χ2v) is 5.58. The molecule has 0 amide bonds. The average molecular weight is 255 g/mol. The Bertz CT molecular complexity index is 214. The quantitative estimate of drug-likeness (QED) is 0.677. The zero-order valence-corrected chi connectivity index (χ0v) is 11.8. The molecular formula is C15H29NO2. The minimum absolute atomic E-state index is 0.0176. The monoisotopic (exact) mass is 255 g/mol. The van der Waals surface area contributed by atoms with Crippen LogP contribution in [0.15, 0.2) is 0 Å². The first-order chi connectivity index (χ1) is 8.76. The highest BCUT2D eigenvalue weighted by Gasteiger charge is 2.16. The molecule has 3 nitrogen and oxygen atoms in total. The van der Waals surface area contributed by atoms with Crippen molar-refractivity contribution in [2.45, 2.75) is 64.7 Å². The molecule has 0 spiro atoms. The van der Waals surface area contributed by atoms with Gasteiger partial charge in [0.15, 0.2) is 0 Å². The first kappa shape index (κ1) is 15.5. The molecule has 0 heterocycles. The van der Waals surface area contributed by atoms with Crippen LogP contribution in [0.5, 0.6) is 0 Å². The molecule has 0 aromatic heterocycles. The Morgan fingerprint density at radius 2 is 2.00 bits per heavy atom. The van der Waals surface area contributed by atoms with Crippen molar-refractivity contribution in [3.05, 3.63) is 0 Å². The van der Waals surface area contributed by atoms with Crippen molar-refractivity contribution in [3.8, 4) is 0 Å². The van der Waals surface area contributed by atoms with E-state index in [9.17, 15) is 4.79 Å². The van der Waals surface area contributed by atoms with E-state index in [0.29, 0.717) is 24.9 Å². The molecule has 1 saturated carbocycles. The van der Waals surface area contributed by atoms with E-state index in [1.165, 1.54) is 32.1 Å². The SMILES string of the molecule is CCC(CCN)CCC(=O)OCC1CCCCC1. The average Bonchev–Trinajstić information content (AvgIpc) is 2.42. The van der Waals surface area contributed by atoms with Crippen LogP contribution in [0.1, 0.15) is 64.7 Å². The summed E-state index contributed by atoms with van der Waals surface area (Å²) in [6.07, 6.45) is 10.0. The highest BCUT2D eigenvalue weighted by Crippen LogP contribution is 2.24. The van der Waals surface area contributed by atoms with Gasteiger partial charge in [0.25, 0.3) is 0 Å². The number of esters is 1. The lowest BCUT2D eigenvalue weighted by Crippen LogP contribution is -2.17. The molecule has 1 aliphatic rings. The van der Waals surface area contributed by atoms with Gasteiger partial charge in [-0.25, -0.2) is 0 Å². The molecule has 0 saturated heterocycles. The summed E-state index contributed by atoms with van der Waals surface area (Å²) in [6.45, 7) is 3.52. The van der Waals surface area contributed by atoms with Gasteiger partial charge >= 0.3 is 5.97 Å². The summed E-state index contributed by atoms with van der Waals surface area (Å²) < 4.78 is 5.38. The fraction of sp³-hybridized carbons (Fsp3) is 0.933. The Hall–Kier alpha value is -0.570. The van der Waals surface area contributed by atoms with Crippen LogP contribution in [0.3, 0.4) is 0 Å². The van der Waals surface area contributed by atoms with Crippen LogP contribution in [0.4, 0.5) is 0 Å². The third kappa shape index (κ3) is 6.39. The van der Waals surface area contributed by atoms with Gasteiger partial charge in [0.05, 0.1) is 6.61 Å². The lowest BCUT2D eigenvalue weighted by atomic mass is 9.90. The van der Waals surface area contributed by atoms with E-state index in [4.69, 9.17) is 10.5 Å². The highest BCUT2D eigenvalue weighted by atomic mass is 16.5. The number of nitrogens with two attached hydrogens (primary N) is 1. The number of hydrogen-bond donors (Lipinski definition) is 1. The zero-order valence-electron chi connectivity index (χ0n) is 11.8. The molecular weight excluding hydrogens is 226 g/mol. The summed E-state index contributed by atoms with van der Waals surface area (Å²) in [4.78, 5) is 11.7. The molecule has 106 valence electrons. The first-order valence-corrected chi connectivity index (χ1v) is 7.62. The van der Waals surface area contributed by atoms with Gasteiger partial charge in [0, 0.05) is 6.42 Å². The predicted octanol–water partition coefficient (Wildman–Crippen LogP) is 3.27. The molecule has 2 N–H and O–H groups in total. The molecule has 3 heteroatoms. The molecule has 18 heavy (non-hydrogen) atoms.